The van der Waals surface area contributed by atoms with Crippen LogP contribution >= 0.6 is 0 Å². The lowest BCUT2D eigenvalue weighted by Gasteiger charge is -2.36. The predicted molar refractivity (Wildman–Crippen MR) is 98.6 cm³/mol. The second-order valence-corrected chi connectivity index (χ2v) is 8.49. The lowest BCUT2D eigenvalue weighted by Crippen LogP contribution is -2.48. The molecule has 2 aliphatic carbocycles. The third kappa shape index (κ3) is 5.56. The van der Waals surface area contributed by atoms with E-state index in [4.69, 9.17) is 9.47 Å². The Bertz CT molecular complexity index is 725. The van der Waals surface area contributed by atoms with Gasteiger partial charge >= 0.3 is 6.09 Å². The maximum atomic E-state index is 12.9. The van der Waals surface area contributed by atoms with Gasteiger partial charge in [0.1, 0.15) is 11.4 Å². The van der Waals surface area contributed by atoms with Crippen LogP contribution in [0.25, 0.3) is 0 Å². The number of hydrogen-bond donors (Lipinski definition) is 2. The van der Waals surface area contributed by atoms with Gasteiger partial charge in [0.25, 0.3) is 11.8 Å². The Labute approximate surface area is 163 Å². The van der Waals surface area contributed by atoms with Crippen LogP contribution in [0.3, 0.4) is 0 Å². The fourth-order valence-corrected chi connectivity index (χ4v) is 3.00. The Morgan fingerprint density at radius 3 is 2.32 bits per heavy atom. The van der Waals surface area contributed by atoms with E-state index in [9.17, 15) is 18.4 Å². The lowest BCUT2D eigenvalue weighted by atomic mass is 9.80. The number of rotatable bonds is 6. The summed E-state index contributed by atoms with van der Waals surface area (Å²) in [6.07, 6.45) is -0.209. The van der Waals surface area contributed by atoms with Crippen molar-refractivity contribution < 1.29 is 27.8 Å². The van der Waals surface area contributed by atoms with Crippen molar-refractivity contribution in [3.05, 3.63) is 29.8 Å². The van der Waals surface area contributed by atoms with Crippen LogP contribution in [0.1, 0.15) is 50.4 Å². The Morgan fingerprint density at radius 2 is 1.79 bits per heavy atom. The SMILES string of the molecule is CC(C)(C)OC(=O)NCC1CC(NC(=O)c2ccc(O[C@H]3CC3(F)F)cc2)C1. The molecule has 0 spiro atoms. The van der Waals surface area contributed by atoms with Crippen molar-refractivity contribution in [1.82, 2.24) is 10.6 Å². The molecule has 2 fully saturated rings. The average Bonchev–Trinajstić information content (AvgIpc) is 3.14. The molecule has 1 aromatic rings. The van der Waals surface area contributed by atoms with Gasteiger partial charge in [-0.15, -0.1) is 0 Å². The van der Waals surface area contributed by atoms with E-state index < -0.39 is 23.7 Å². The maximum Gasteiger partial charge on any atom is 0.407 e. The van der Waals surface area contributed by atoms with Crippen LogP contribution in [-0.4, -0.2) is 42.2 Å². The first-order valence-electron chi connectivity index (χ1n) is 9.44. The van der Waals surface area contributed by atoms with E-state index in [0.717, 1.165) is 12.8 Å². The summed E-state index contributed by atoms with van der Waals surface area (Å²) in [7, 11) is 0. The Morgan fingerprint density at radius 1 is 1.18 bits per heavy atom. The lowest BCUT2D eigenvalue weighted by molar-refractivity contribution is 0.0500. The highest BCUT2D eigenvalue weighted by Gasteiger charge is 2.59. The molecule has 0 bridgehead atoms. The molecule has 28 heavy (non-hydrogen) atoms. The third-order valence-corrected chi connectivity index (χ3v) is 4.67. The summed E-state index contributed by atoms with van der Waals surface area (Å²) >= 11 is 0. The normalized spacial score (nSPS) is 25.2. The average molecular weight is 396 g/mol. The van der Waals surface area contributed by atoms with Crippen LogP contribution in [0.5, 0.6) is 5.75 Å². The van der Waals surface area contributed by atoms with Gasteiger partial charge in [0.2, 0.25) is 0 Å². The molecule has 2 N–H and O–H groups in total. The van der Waals surface area contributed by atoms with Crippen molar-refractivity contribution in [2.45, 2.75) is 63.7 Å². The predicted octanol–water partition coefficient (Wildman–Crippen LogP) is 3.51. The van der Waals surface area contributed by atoms with Gasteiger partial charge in [-0.3, -0.25) is 4.79 Å². The maximum absolute atomic E-state index is 12.9. The molecule has 1 aromatic carbocycles. The minimum absolute atomic E-state index is 0.0546. The Balaban J connectivity index is 1.35. The van der Waals surface area contributed by atoms with Gasteiger partial charge in [0.15, 0.2) is 6.10 Å². The first-order valence-corrected chi connectivity index (χ1v) is 9.44. The van der Waals surface area contributed by atoms with Gasteiger partial charge in [-0.2, -0.15) is 0 Å². The Hall–Kier alpha value is -2.38. The summed E-state index contributed by atoms with van der Waals surface area (Å²) in [5, 5.41) is 5.67. The van der Waals surface area contributed by atoms with Gasteiger partial charge in [0, 0.05) is 18.2 Å². The molecular formula is C20H26F2N2O4. The highest BCUT2D eigenvalue weighted by molar-refractivity contribution is 5.94. The highest BCUT2D eigenvalue weighted by Crippen LogP contribution is 2.44. The number of amides is 2. The minimum atomic E-state index is -2.74. The number of hydrogen-bond acceptors (Lipinski definition) is 4. The number of halogens is 2. The molecule has 2 saturated carbocycles. The van der Waals surface area contributed by atoms with Gasteiger partial charge in [-0.05, 0) is 63.8 Å². The highest BCUT2D eigenvalue weighted by atomic mass is 19.3. The number of alkyl halides is 2. The van der Waals surface area contributed by atoms with Crippen molar-refractivity contribution in [2.24, 2.45) is 5.92 Å². The van der Waals surface area contributed by atoms with Crippen molar-refractivity contribution >= 4 is 12.0 Å². The smallest absolute Gasteiger partial charge is 0.407 e. The second-order valence-electron chi connectivity index (χ2n) is 8.49. The number of benzene rings is 1. The molecule has 3 rings (SSSR count). The van der Waals surface area contributed by atoms with Crippen LogP contribution in [0.15, 0.2) is 24.3 Å². The number of carbonyl (C=O) groups excluding carboxylic acids is 2. The van der Waals surface area contributed by atoms with Crippen molar-refractivity contribution in [3.63, 3.8) is 0 Å². The zero-order chi connectivity index (χ0) is 20.5. The molecule has 0 aromatic heterocycles. The number of alkyl carbamates (subject to hydrolysis) is 1. The summed E-state index contributed by atoms with van der Waals surface area (Å²) < 4.78 is 36.1. The van der Waals surface area contributed by atoms with Gasteiger partial charge in [-0.25, -0.2) is 13.6 Å². The molecule has 0 heterocycles. The topological polar surface area (TPSA) is 76.7 Å². The summed E-state index contributed by atoms with van der Waals surface area (Å²) in [5.41, 5.74) is -0.0782. The second kappa shape index (κ2) is 7.56. The summed E-state index contributed by atoms with van der Waals surface area (Å²) in [6.45, 7) is 5.93. The van der Waals surface area contributed by atoms with Crippen LogP contribution < -0.4 is 15.4 Å². The molecule has 0 saturated heterocycles. The number of ether oxygens (including phenoxy) is 2. The summed E-state index contributed by atoms with van der Waals surface area (Å²) in [4.78, 5) is 23.9. The molecule has 0 unspecified atom stereocenters. The first-order chi connectivity index (χ1) is 13.0. The number of carbonyl (C=O) groups is 2. The van der Waals surface area contributed by atoms with E-state index >= 15 is 0 Å². The van der Waals surface area contributed by atoms with E-state index in [1.54, 1.807) is 32.9 Å². The van der Waals surface area contributed by atoms with E-state index in [-0.39, 0.29) is 18.4 Å². The zero-order valence-electron chi connectivity index (χ0n) is 16.3. The van der Waals surface area contributed by atoms with Crippen LogP contribution in [0, 0.1) is 5.92 Å². The quantitative estimate of drug-likeness (QED) is 0.772. The standard InChI is InChI=1S/C20H26F2N2O4/c1-19(2,3)28-18(26)23-11-12-8-14(9-12)24-17(25)13-4-6-15(7-5-13)27-16-10-20(16,21)22/h4-7,12,14,16H,8-11H2,1-3H3,(H,23,26)(H,24,25)/t12?,14?,16-/m0/s1. The van der Waals surface area contributed by atoms with Gasteiger partial charge in [0.05, 0.1) is 6.42 Å². The molecule has 8 heteroatoms. The molecule has 154 valence electrons. The van der Waals surface area contributed by atoms with Gasteiger partial charge < -0.3 is 20.1 Å². The minimum Gasteiger partial charge on any atom is -0.484 e. The molecule has 2 amide bonds. The summed E-state index contributed by atoms with van der Waals surface area (Å²) in [5.74, 6) is -2.33. The first kappa shape index (κ1) is 20.4. The van der Waals surface area contributed by atoms with Crippen LogP contribution in [-0.2, 0) is 4.74 Å². The van der Waals surface area contributed by atoms with E-state index in [2.05, 4.69) is 10.6 Å². The van der Waals surface area contributed by atoms with E-state index in [1.165, 1.54) is 12.1 Å². The molecular weight excluding hydrogens is 370 g/mol. The van der Waals surface area contributed by atoms with Crippen molar-refractivity contribution in [1.29, 1.82) is 0 Å². The molecule has 2 aliphatic rings. The number of nitrogens with one attached hydrogen (secondary N) is 2. The molecule has 0 aliphatic heterocycles. The Kier molecular flexibility index (Phi) is 5.50. The van der Waals surface area contributed by atoms with E-state index in [0.29, 0.717) is 23.8 Å². The fourth-order valence-electron chi connectivity index (χ4n) is 3.00. The van der Waals surface area contributed by atoms with Crippen LogP contribution in [0.2, 0.25) is 0 Å². The fraction of sp³-hybridized carbons (Fsp3) is 0.600. The molecule has 0 radical (unpaired) electrons. The molecule has 1 atom stereocenters. The van der Waals surface area contributed by atoms with Gasteiger partial charge in [-0.1, -0.05) is 0 Å². The van der Waals surface area contributed by atoms with E-state index in [1.807, 2.05) is 0 Å². The monoisotopic (exact) mass is 396 g/mol. The third-order valence-electron chi connectivity index (χ3n) is 4.67. The van der Waals surface area contributed by atoms with Crippen molar-refractivity contribution in [2.75, 3.05) is 6.54 Å². The zero-order valence-corrected chi connectivity index (χ0v) is 16.3. The largest absolute Gasteiger partial charge is 0.484 e. The van der Waals surface area contributed by atoms with Crippen molar-refractivity contribution in [3.8, 4) is 5.75 Å². The molecule has 6 nitrogen and oxygen atoms in total. The summed E-state index contributed by atoms with van der Waals surface area (Å²) in [6, 6.07) is 6.23. The van der Waals surface area contributed by atoms with Crippen LogP contribution in [0.4, 0.5) is 13.6 Å².